The van der Waals surface area contributed by atoms with E-state index in [1.54, 1.807) is 12.1 Å². The van der Waals surface area contributed by atoms with Crippen LogP contribution in [0.1, 0.15) is 15.9 Å². The average molecular weight is 300 g/mol. The van der Waals surface area contributed by atoms with Crippen molar-refractivity contribution >= 4 is 5.97 Å². The summed E-state index contributed by atoms with van der Waals surface area (Å²) < 4.78 is 5.62. The van der Waals surface area contributed by atoms with Gasteiger partial charge >= 0.3 is 0 Å². The van der Waals surface area contributed by atoms with E-state index < -0.39 is 5.97 Å². The fraction of sp³-hybridized carbons (Fsp3) is 0.294. The van der Waals surface area contributed by atoms with Crippen LogP contribution in [-0.2, 0) is 6.42 Å². The third kappa shape index (κ3) is 5.18. The van der Waals surface area contributed by atoms with Crippen LogP contribution in [0.3, 0.4) is 0 Å². The first-order chi connectivity index (χ1) is 10.6. The van der Waals surface area contributed by atoms with Crippen molar-refractivity contribution < 1.29 is 19.5 Å². The van der Waals surface area contributed by atoms with E-state index in [4.69, 9.17) is 4.74 Å². The van der Waals surface area contributed by atoms with Gasteiger partial charge in [0.25, 0.3) is 0 Å². The van der Waals surface area contributed by atoms with E-state index in [9.17, 15) is 9.90 Å². The maximum Gasteiger partial charge on any atom is 0.137 e. The van der Waals surface area contributed by atoms with Crippen molar-refractivity contribution in [1.29, 1.82) is 0 Å². The number of quaternary nitrogens is 1. The molecule has 0 aliphatic heterocycles. The first kappa shape index (κ1) is 16.0. The summed E-state index contributed by atoms with van der Waals surface area (Å²) in [5, 5.41) is 10.6. The van der Waals surface area contributed by atoms with E-state index in [1.807, 2.05) is 24.5 Å². The average Bonchev–Trinajstić information content (AvgIpc) is 2.54. The number of ether oxygens (including phenoxy) is 1. The molecule has 1 heterocycles. The summed E-state index contributed by atoms with van der Waals surface area (Å²) in [4.78, 5) is 16.0. The monoisotopic (exact) mass is 300 g/mol. The molecule has 0 saturated heterocycles. The first-order valence-electron chi connectivity index (χ1n) is 7.29. The van der Waals surface area contributed by atoms with Crippen LogP contribution in [-0.4, -0.2) is 37.7 Å². The van der Waals surface area contributed by atoms with Crippen LogP contribution in [0.15, 0.2) is 48.8 Å². The normalized spacial score (nSPS) is 11.9. The molecule has 0 amide bonds. The van der Waals surface area contributed by atoms with Gasteiger partial charge in [0, 0.05) is 18.8 Å². The van der Waals surface area contributed by atoms with Crippen molar-refractivity contribution in [2.45, 2.75) is 6.42 Å². The topological polar surface area (TPSA) is 66.7 Å². The molecule has 0 radical (unpaired) electrons. The summed E-state index contributed by atoms with van der Waals surface area (Å²) in [6.07, 6.45) is 4.63. The van der Waals surface area contributed by atoms with Crippen molar-refractivity contribution in [3.63, 3.8) is 0 Å². The number of carboxylic acids is 1. The molecule has 2 rings (SSSR count). The van der Waals surface area contributed by atoms with Crippen molar-refractivity contribution in [2.24, 2.45) is 0 Å². The number of carbonyl (C=O) groups excluding carboxylic acids is 1. The number of carboxylic acid groups (broad SMARTS) is 1. The Morgan fingerprint density at radius 1 is 1.14 bits per heavy atom. The molecule has 0 aliphatic rings. The zero-order valence-corrected chi connectivity index (χ0v) is 12.6. The van der Waals surface area contributed by atoms with Crippen LogP contribution in [0.4, 0.5) is 0 Å². The number of pyridine rings is 1. The molecule has 22 heavy (non-hydrogen) atoms. The van der Waals surface area contributed by atoms with Crippen LogP contribution in [0, 0.1) is 0 Å². The maximum atomic E-state index is 10.6. The highest BCUT2D eigenvalue weighted by atomic mass is 16.5. The smallest absolute Gasteiger partial charge is 0.137 e. The van der Waals surface area contributed by atoms with E-state index in [2.05, 4.69) is 12.0 Å². The molecule has 1 N–H and O–H groups in total. The van der Waals surface area contributed by atoms with Crippen LogP contribution >= 0.6 is 0 Å². The fourth-order valence-electron chi connectivity index (χ4n) is 2.06. The van der Waals surface area contributed by atoms with Gasteiger partial charge in [0.15, 0.2) is 0 Å². The van der Waals surface area contributed by atoms with Gasteiger partial charge in [-0.3, -0.25) is 4.98 Å². The Bertz CT molecular complexity index is 585. The van der Waals surface area contributed by atoms with Crippen molar-refractivity contribution in [3.8, 4) is 5.75 Å². The first-order valence-corrected chi connectivity index (χ1v) is 7.29. The summed E-state index contributed by atoms with van der Waals surface area (Å²) in [5.41, 5.74) is 1.44. The molecular formula is C17H20N2O3. The molecule has 0 spiro atoms. The standard InChI is InChI=1S/C17H20N2O3/c1-19(11-8-14-6-9-18-10-7-14)12-13-22-16-4-2-15(3-5-16)17(20)21/h2-7,9-10H,8,11-13H2,1H3,(H,20,21). The second-order valence-corrected chi connectivity index (χ2v) is 5.22. The van der Waals surface area contributed by atoms with Gasteiger partial charge in [-0.05, 0) is 47.5 Å². The second kappa shape index (κ2) is 8.14. The molecule has 116 valence electrons. The van der Waals surface area contributed by atoms with Crippen LogP contribution in [0.2, 0.25) is 0 Å². The molecule has 5 nitrogen and oxygen atoms in total. The van der Waals surface area contributed by atoms with Gasteiger partial charge in [-0.25, -0.2) is 0 Å². The Hall–Kier alpha value is -2.40. The lowest BCUT2D eigenvalue weighted by Gasteiger charge is -2.14. The molecule has 0 fully saturated rings. The zero-order valence-electron chi connectivity index (χ0n) is 12.6. The zero-order chi connectivity index (χ0) is 15.8. The molecule has 5 heteroatoms. The van der Waals surface area contributed by atoms with Gasteiger partial charge in [0.1, 0.15) is 18.9 Å². The second-order valence-electron chi connectivity index (χ2n) is 5.22. The fourth-order valence-corrected chi connectivity index (χ4v) is 2.06. The summed E-state index contributed by atoms with van der Waals surface area (Å²) in [7, 11) is 2.13. The maximum absolute atomic E-state index is 10.6. The number of nitrogens with one attached hydrogen (secondary N) is 1. The summed E-state index contributed by atoms with van der Waals surface area (Å²) >= 11 is 0. The van der Waals surface area contributed by atoms with E-state index in [0.717, 1.165) is 19.5 Å². The van der Waals surface area contributed by atoms with Gasteiger partial charge in [-0.1, -0.05) is 0 Å². The van der Waals surface area contributed by atoms with E-state index >= 15 is 0 Å². The third-order valence-electron chi connectivity index (χ3n) is 3.48. The van der Waals surface area contributed by atoms with Crippen LogP contribution in [0.5, 0.6) is 5.75 Å². The summed E-state index contributed by atoms with van der Waals surface area (Å²) in [6.45, 7) is 2.50. The van der Waals surface area contributed by atoms with Gasteiger partial charge in [0.05, 0.1) is 19.6 Å². The Kier molecular flexibility index (Phi) is 5.91. The Morgan fingerprint density at radius 3 is 2.45 bits per heavy atom. The number of benzene rings is 1. The predicted molar refractivity (Wildman–Crippen MR) is 80.8 cm³/mol. The Balaban J connectivity index is 1.68. The molecule has 1 aromatic heterocycles. The van der Waals surface area contributed by atoms with E-state index in [0.29, 0.717) is 12.4 Å². The van der Waals surface area contributed by atoms with Gasteiger partial charge in [0.2, 0.25) is 0 Å². The van der Waals surface area contributed by atoms with Crippen molar-refractivity contribution in [2.75, 3.05) is 26.7 Å². The van der Waals surface area contributed by atoms with Crippen molar-refractivity contribution in [3.05, 3.63) is 59.9 Å². The number of likely N-dealkylation sites (N-methyl/N-ethyl adjacent to an activating group) is 1. The lowest BCUT2D eigenvalue weighted by Crippen LogP contribution is -3.09. The molecular weight excluding hydrogens is 280 g/mol. The van der Waals surface area contributed by atoms with E-state index in [1.165, 1.54) is 22.6 Å². The number of hydrogen-bond acceptors (Lipinski definition) is 4. The molecule has 0 aliphatic carbocycles. The number of hydrogen-bond donors (Lipinski definition) is 1. The molecule has 1 unspecified atom stereocenters. The minimum absolute atomic E-state index is 0.160. The highest BCUT2D eigenvalue weighted by Gasteiger charge is 2.03. The van der Waals surface area contributed by atoms with Crippen LogP contribution < -0.4 is 14.7 Å². The Morgan fingerprint density at radius 2 is 1.82 bits per heavy atom. The Labute approximate surface area is 130 Å². The molecule has 2 aromatic rings. The molecule has 0 saturated carbocycles. The quantitative estimate of drug-likeness (QED) is 0.719. The minimum atomic E-state index is -1.17. The highest BCUT2D eigenvalue weighted by molar-refractivity contribution is 5.85. The lowest BCUT2D eigenvalue weighted by atomic mass is 10.2. The predicted octanol–water partition coefficient (Wildman–Crippen LogP) is -0.419. The molecule has 1 aromatic carbocycles. The third-order valence-corrected chi connectivity index (χ3v) is 3.48. The SMILES string of the molecule is C[NH+](CCOc1ccc(C(=O)[O-])cc1)CCc1ccncc1. The largest absolute Gasteiger partial charge is 0.545 e. The molecule has 0 bridgehead atoms. The summed E-state index contributed by atoms with van der Waals surface area (Å²) in [6, 6.07) is 10.3. The number of nitrogens with zero attached hydrogens (tertiary/aromatic N) is 1. The summed E-state index contributed by atoms with van der Waals surface area (Å²) in [5.74, 6) is -0.501. The number of aromatic nitrogens is 1. The lowest BCUT2D eigenvalue weighted by molar-refractivity contribution is -0.879. The number of carbonyl (C=O) groups is 1. The highest BCUT2D eigenvalue weighted by Crippen LogP contribution is 2.11. The number of aromatic carboxylic acids is 1. The van der Waals surface area contributed by atoms with Gasteiger partial charge in [-0.15, -0.1) is 0 Å². The minimum Gasteiger partial charge on any atom is -0.545 e. The van der Waals surface area contributed by atoms with Gasteiger partial charge < -0.3 is 19.5 Å². The van der Waals surface area contributed by atoms with Gasteiger partial charge in [-0.2, -0.15) is 0 Å². The van der Waals surface area contributed by atoms with Crippen LogP contribution in [0.25, 0.3) is 0 Å². The van der Waals surface area contributed by atoms with E-state index in [-0.39, 0.29) is 5.56 Å². The number of rotatable bonds is 8. The molecule has 1 atom stereocenters. The van der Waals surface area contributed by atoms with Crippen molar-refractivity contribution in [1.82, 2.24) is 4.98 Å².